The van der Waals surface area contributed by atoms with Crippen LogP contribution in [0.4, 0.5) is 10.1 Å². The minimum Gasteiger partial charge on any atom is -0.481 e. The van der Waals surface area contributed by atoms with E-state index in [0.717, 1.165) is 18.4 Å². The summed E-state index contributed by atoms with van der Waals surface area (Å²) >= 11 is 0. The molecule has 1 aromatic heterocycles. The number of carboxylic acids is 1. The Morgan fingerprint density at radius 1 is 1.35 bits per heavy atom. The monoisotopic (exact) mass is 317 g/mol. The lowest BCUT2D eigenvalue weighted by molar-refractivity contribution is -0.142. The van der Waals surface area contributed by atoms with Gasteiger partial charge < -0.3 is 10.4 Å². The lowest BCUT2D eigenvalue weighted by Crippen LogP contribution is -2.29. The second-order valence-electron chi connectivity index (χ2n) is 6.16. The predicted octanol–water partition coefficient (Wildman–Crippen LogP) is 3.38. The van der Waals surface area contributed by atoms with Crippen molar-refractivity contribution in [3.63, 3.8) is 0 Å². The highest BCUT2D eigenvalue weighted by Crippen LogP contribution is 2.27. The standard InChI is InChI=1S/C17H20FN3O2/c1-11-9-19-21(10-11)16-7-6-14(8-15(16)18)20-13-4-2-12(3-5-13)17(22)23/h6-10,12-13,20H,2-5H2,1H3,(H,22,23). The number of carbonyl (C=O) groups is 1. The molecule has 0 aliphatic heterocycles. The average molecular weight is 317 g/mol. The summed E-state index contributed by atoms with van der Waals surface area (Å²) in [6.45, 7) is 1.91. The van der Waals surface area contributed by atoms with Crippen molar-refractivity contribution in [1.82, 2.24) is 9.78 Å². The molecule has 5 nitrogen and oxygen atoms in total. The molecule has 0 unspecified atom stereocenters. The Morgan fingerprint density at radius 3 is 2.65 bits per heavy atom. The van der Waals surface area contributed by atoms with Gasteiger partial charge in [-0.3, -0.25) is 4.79 Å². The number of aromatic nitrogens is 2. The first-order valence-electron chi connectivity index (χ1n) is 7.83. The summed E-state index contributed by atoms with van der Waals surface area (Å²) in [4.78, 5) is 11.0. The normalized spacial score (nSPS) is 21.1. The second kappa shape index (κ2) is 6.40. The van der Waals surface area contributed by atoms with Crippen molar-refractivity contribution in [2.75, 3.05) is 5.32 Å². The van der Waals surface area contributed by atoms with Crippen LogP contribution in [0.2, 0.25) is 0 Å². The zero-order valence-corrected chi connectivity index (χ0v) is 13.0. The Morgan fingerprint density at radius 2 is 2.09 bits per heavy atom. The van der Waals surface area contributed by atoms with Crippen molar-refractivity contribution in [1.29, 1.82) is 0 Å². The van der Waals surface area contributed by atoms with Crippen LogP contribution in [-0.2, 0) is 4.79 Å². The lowest BCUT2D eigenvalue weighted by Gasteiger charge is -2.27. The Kier molecular flexibility index (Phi) is 4.32. The van der Waals surface area contributed by atoms with E-state index in [0.29, 0.717) is 24.2 Å². The van der Waals surface area contributed by atoms with E-state index in [9.17, 15) is 9.18 Å². The Bertz CT molecular complexity index is 706. The molecule has 1 fully saturated rings. The quantitative estimate of drug-likeness (QED) is 0.907. The minimum atomic E-state index is -0.714. The SMILES string of the molecule is Cc1cnn(-c2ccc(NC3CCC(C(=O)O)CC3)cc2F)c1. The molecule has 0 amide bonds. The van der Waals surface area contributed by atoms with Gasteiger partial charge in [0, 0.05) is 17.9 Å². The Balaban J connectivity index is 1.66. The zero-order chi connectivity index (χ0) is 16.4. The summed E-state index contributed by atoms with van der Waals surface area (Å²) in [7, 11) is 0. The molecule has 23 heavy (non-hydrogen) atoms. The molecule has 6 heteroatoms. The van der Waals surface area contributed by atoms with E-state index in [1.165, 1.54) is 10.7 Å². The van der Waals surface area contributed by atoms with Gasteiger partial charge in [0.2, 0.25) is 0 Å². The van der Waals surface area contributed by atoms with Crippen LogP contribution in [0.15, 0.2) is 30.6 Å². The average Bonchev–Trinajstić information content (AvgIpc) is 2.94. The van der Waals surface area contributed by atoms with E-state index in [1.54, 1.807) is 18.5 Å². The number of rotatable bonds is 4. The van der Waals surface area contributed by atoms with Gasteiger partial charge in [0.15, 0.2) is 5.82 Å². The number of halogens is 1. The van der Waals surface area contributed by atoms with Gasteiger partial charge in [-0.15, -0.1) is 0 Å². The van der Waals surface area contributed by atoms with Gasteiger partial charge in [-0.2, -0.15) is 5.10 Å². The Hall–Kier alpha value is -2.37. The fourth-order valence-corrected chi connectivity index (χ4v) is 3.05. The van der Waals surface area contributed by atoms with E-state index in [4.69, 9.17) is 5.11 Å². The molecule has 1 aliphatic rings. The first kappa shape index (κ1) is 15.5. The van der Waals surface area contributed by atoms with Crippen LogP contribution in [0.1, 0.15) is 31.2 Å². The van der Waals surface area contributed by atoms with Gasteiger partial charge in [0.05, 0.1) is 12.1 Å². The largest absolute Gasteiger partial charge is 0.481 e. The zero-order valence-electron chi connectivity index (χ0n) is 13.0. The highest BCUT2D eigenvalue weighted by Gasteiger charge is 2.25. The summed E-state index contributed by atoms with van der Waals surface area (Å²) in [5.74, 6) is -1.29. The van der Waals surface area contributed by atoms with Gasteiger partial charge in [0.25, 0.3) is 0 Å². The van der Waals surface area contributed by atoms with Crippen LogP contribution < -0.4 is 5.32 Å². The van der Waals surface area contributed by atoms with Crippen molar-refractivity contribution in [3.8, 4) is 5.69 Å². The van der Waals surface area contributed by atoms with Gasteiger partial charge in [-0.25, -0.2) is 9.07 Å². The summed E-state index contributed by atoms with van der Waals surface area (Å²) in [6.07, 6.45) is 6.38. The van der Waals surface area contributed by atoms with Crippen LogP contribution in [0.5, 0.6) is 0 Å². The van der Waals surface area contributed by atoms with Gasteiger partial charge in [-0.05, 0) is 56.4 Å². The molecule has 0 atom stereocenters. The summed E-state index contributed by atoms with van der Waals surface area (Å²) < 4.78 is 15.8. The number of carboxylic acid groups (broad SMARTS) is 1. The molecule has 0 bridgehead atoms. The third-order valence-corrected chi connectivity index (χ3v) is 4.35. The number of hydrogen-bond acceptors (Lipinski definition) is 3. The lowest BCUT2D eigenvalue weighted by atomic mass is 9.86. The van der Waals surface area contributed by atoms with E-state index >= 15 is 0 Å². The maximum atomic E-state index is 14.3. The van der Waals surface area contributed by atoms with E-state index in [-0.39, 0.29) is 17.8 Å². The van der Waals surface area contributed by atoms with Crippen LogP contribution in [0.25, 0.3) is 5.69 Å². The number of nitrogens with zero attached hydrogens (tertiary/aromatic N) is 2. The van der Waals surface area contributed by atoms with Gasteiger partial charge in [0.1, 0.15) is 5.69 Å². The van der Waals surface area contributed by atoms with Crippen LogP contribution in [0, 0.1) is 18.7 Å². The Labute approximate surface area is 134 Å². The first-order chi connectivity index (χ1) is 11.0. The molecular formula is C17H20FN3O2. The smallest absolute Gasteiger partial charge is 0.306 e. The van der Waals surface area contributed by atoms with Crippen LogP contribution in [0.3, 0.4) is 0 Å². The van der Waals surface area contributed by atoms with Gasteiger partial charge in [-0.1, -0.05) is 0 Å². The number of aryl methyl sites for hydroxylation is 1. The number of hydrogen-bond donors (Lipinski definition) is 2. The molecule has 1 heterocycles. The number of anilines is 1. The number of nitrogens with one attached hydrogen (secondary N) is 1. The van der Waals surface area contributed by atoms with Crippen LogP contribution in [-0.4, -0.2) is 26.9 Å². The molecule has 0 saturated heterocycles. The van der Waals surface area contributed by atoms with E-state index in [1.807, 2.05) is 13.0 Å². The minimum absolute atomic E-state index is 0.197. The highest BCUT2D eigenvalue weighted by molar-refractivity contribution is 5.70. The highest BCUT2D eigenvalue weighted by atomic mass is 19.1. The number of aliphatic carboxylic acids is 1. The van der Waals surface area contributed by atoms with E-state index in [2.05, 4.69) is 10.4 Å². The van der Waals surface area contributed by atoms with Crippen molar-refractivity contribution in [2.45, 2.75) is 38.6 Å². The number of benzene rings is 1. The molecule has 0 spiro atoms. The van der Waals surface area contributed by atoms with Gasteiger partial charge >= 0.3 is 5.97 Å². The molecule has 1 saturated carbocycles. The van der Waals surface area contributed by atoms with Crippen molar-refractivity contribution in [2.24, 2.45) is 5.92 Å². The molecule has 3 rings (SSSR count). The second-order valence-corrected chi connectivity index (χ2v) is 6.16. The van der Waals surface area contributed by atoms with Crippen molar-refractivity contribution >= 4 is 11.7 Å². The fraction of sp³-hybridized carbons (Fsp3) is 0.412. The maximum absolute atomic E-state index is 14.3. The predicted molar refractivity (Wildman–Crippen MR) is 85.3 cm³/mol. The molecule has 2 aromatic rings. The molecule has 1 aliphatic carbocycles. The maximum Gasteiger partial charge on any atom is 0.306 e. The third-order valence-electron chi connectivity index (χ3n) is 4.35. The van der Waals surface area contributed by atoms with E-state index < -0.39 is 5.97 Å². The summed E-state index contributed by atoms with van der Waals surface area (Å²) in [5, 5.41) is 16.4. The topological polar surface area (TPSA) is 67.2 Å². The summed E-state index contributed by atoms with van der Waals surface area (Å²) in [6, 6.07) is 5.20. The molecule has 0 radical (unpaired) electrons. The molecule has 2 N–H and O–H groups in total. The molecule has 1 aromatic carbocycles. The summed E-state index contributed by atoms with van der Waals surface area (Å²) in [5.41, 5.74) is 2.11. The third kappa shape index (κ3) is 3.52. The van der Waals surface area contributed by atoms with Crippen molar-refractivity contribution < 1.29 is 14.3 Å². The fourth-order valence-electron chi connectivity index (χ4n) is 3.05. The first-order valence-corrected chi connectivity index (χ1v) is 7.83. The molecule has 122 valence electrons. The van der Waals surface area contributed by atoms with Crippen molar-refractivity contribution in [3.05, 3.63) is 42.0 Å². The molecular weight excluding hydrogens is 297 g/mol. The van der Waals surface area contributed by atoms with Crippen LogP contribution >= 0.6 is 0 Å².